The molecule has 134 valence electrons. The maximum atomic E-state index is 12.4. The number of phenolic OH excluding ortho intramolecular Hbond substituents is 1. The Morgan fingerprint density at radius 1 is 1.08 bits per heavy atom. The number of ketones is 1. The van der Waals surface area contributed by atoms with Gasteiger partial charge in [-0.2, -0.15) is 0 Å². The number of rotatable bonds is 0. The molecular formula is C19H22O6. The number of phenols is 1. The SMILES string of the molecule is Cc1cc(O)c2c(c1)/C=C/C[C@@H](O)[C@@H](O)C(=O)/C=C\C[C@H](C)OC2=O. The Labute approximate surface area is 146 Å². The number of fused-ring (bicyclic) bond motifs is 1. The van der Waals surface area contributed by atoms with Crippen LogP contribution < -0.4 is 0 Å². The highest BCUT2D eigenvalue weighted by Crippen LogP contribution is 2.26. The zero-order chi connectivity index (χ0) is 18.6. The molecule has 2 rings (SSSR count). The van der Waals surface area contributed by atoms with Gasteiger partial charge in [-0.05, 0) is 43.5 Å². The summed E-state index contributed by atoms with van der Waals surface area (Å²) in [5, 5.41) is 29.9. The van der Waals surface area contributed by atoms with Gasteiger partial charge in [0.25, 0.3) is 0 Å². The van der Waals surface area contributed by atoms with Crippen LogP contribution in [-0.2, 0) is 9.53 Å². The van der Waals surface area contributed by atoms with E-state index >= 15 is 0 Å². The third-order valence-electron chi connectivity index (χ3n) is 3.89. The van der Waals surface area contributed by atoms with Gasteiger partial charge >= 0.3 is 5.97 Å². The van der Waals surface area contributed by atoms with Gasteiger partial charge in [-0.25, -0.2) is 4.79 Å². The summed E-state index contributed by atoms with van der Waals surface area (Å²) in [5.74, 6) is -1.46. The zero-order valence-corrected chi connectivity index (χ0v) is 14.2. The molecule has 1 aromatic rings. The van der Waals surface area contributed by atoms with Crippen molar-refractivity contribution in [3.8, 4) is 5.75 Å². The molecule has 1 heterocycles. The maximum Gasteiger partial charge on any atom is 0.342 e. The fraction of sp³-hybridized carbons (Fsp3) is 0.368. The topological polar surface area (TPSA) is 104 Å². The number of aromatic hydroxyl groups is 1. The molecule has 0 unspecified atom stereocenters. The third-order valence-corrected chi connectivity index (χ3v) is 3.89. The van der Waals surface area contributed by atoms with E-state index in [1.165, 1.54) is 24.3 Å². The molecule has 0 spiro atoms. The van der Waals surface area contributed by atoms with Gasteiger partial charge in [0.05, 0.1) is 6.10 Å². The Hall–Kier alpha value is -2.44. The molecule has 0 aliphatic carbocycles. The first-order chi connectivity index (χ1) is 11.8. The quantitative estimate of drug-likeness (QED) is 0.620. The minimum atomic E-state index is -1.52. The Kier molecular flexibility index (Phi) is 6.12. The number of benzene rings is 1. The number of aliphatic hydroxyl groups is 2. The highest BCUT2D eigenvalue weighted by Gasteiger charge is 2.23. The van der Waals surface area contributed by atoms with E-state index in [2.05, 4.69) is 0 Å². The van der Waals surface area contributed by atoms with Gasteiger partial charge in [-0.15, -0.1) is 0 Å². The van der Waals surface area contributed by atoms with Crippen LogP contribution in [0.25, 0.3) is 6.08 Å². The van der Waals surface area contributed by atoms with E-state index in [1.807, 2.05) is 0 Å². The number of carbonyl (C=O) groups excluding carboxylic acids is 2. The van der Waals surface area contributed by atoms with Crippen molar-refractivity contribution in [3.63, 3.8) is 0 Å². The lowest BCUT2D eigenvalue weighted by atomic mass is 10.0. The first-order valence-corrected chi connectivity index (χ1v) is 8.07. The van der Waals surface area contributed by atoms with Crippen LogP contribution in [0.15, 0.2) is 30.4 Å². The summed E-state index contributed by atoms with van der Waals surface area (Å²) in [6.07, 6.45) is 2.70. The summed E-state index contributed by atoms with van der Waals surface area (Å²) in [4.78, 5) is 24.2. The molecule has 1 aliphatic heterocycles. The summed E-state index contributed by atoms with van der Waals surface area (Å²) in [6, 6.07) is 3.18. The van der Waals surface area contributed by atoms with Crippen molar-refractivity contribution in [2.75, 3.05) is 0 Å². The second kappa shape index (κ2) is 8.09. The fourth-order valence-corrected chi connectivity index (χ4v) is 2.57. The van der Waals surface area contributed by atoms with Gasteiger partial charge < -0.3 is 20.1 Å². The van der Waals surface area contributed by atoms with Gasteiger partial charge in [0.1, 0.15) is 23.5 Å². The van der Waals surface area contributed by atoms with Gasteiger partial charge in [0, 0.05) is 6.42 Å². The molecule has 0 fully saturated rings. The second-order valence-electron chi connectivity index (χ2n) is 6.15. The lowest BCUT2D eigenvalue weighted by Gasteiger charge is -2.16. The second-order valence-corrected chi connectivity index (χ2v) is 6.15. The molecule has 0 radical (unpaired) electrons. The Bertz CT molecular complexity index is 719. The van der Waals surface area contributed by atoms with Crippen LogP contribution in [0.5, 0.6) is 5.75 Å². The normalized spacial score (nSPS) is 27.8. The lowest BCUT2D eigenvalue weighted by Crippen LogP contribution is -2.32. The third kappa shape index (κ3) is 4.78. The fourth-order valence-electron chi connectivity index (χ4n) is 2.57. The summed E-state index contributed by atoms with van der Waals surface area (Å²) >= 11 is 0. The predicted octanol–water partition coefficient (Wildman–Crippen LogP) is 1.90. The lowest BCUT2D eigenvalue weighted by molar-refractivity contribution is -0.127. The van der Waals surface area contributed by atoms with E-state index in [1.54, 1.807) is 26.0 Å². The molecule has 0 saturated carbocycles. The van der Waals surface area contributed by atoms with Crippen molar-refractivity contribution in [1.29, 1.82) is 0 Å². The number of hydrogen-bond acceptors (Lipinski definition) is 6. The highest BCUT2D eigenvalue weighted by molar-refractivity contribution is 5.97. The van der Waals surface area contributed by atoms with Crippen molar-refractivity contribution in [1.82, 2.24) is 0 Å². The van der Waals surface area contributed by atoms with Gasteiger partial charge in [0.2, 0.25) is 0 Å². The van der Waals surface area contributed by atoms with Crippen LogP contribution in [0.3, 0.4) is 0 Å². The number of aryl methyl sites for hydroxylation is 1. The summed E-state index contributed by atoms with van der Waals surface area (Å²) in [5.41, 5.74) is 1.23. The monoisotopic (exact) mass is 346 g/mol. The van der Waals surface area contributed by atoms with Crippen molar-refractivity contribution in [3.05, 3.63) is 47.1 Å². The Morgan fingerprint density at radius 3 is 2.48 bits per heavy atom. The molecule has 0 saturated heterocycles. The molecule has 0 amide bonds. The summed E-state index contributed by atoms with van der Waals surface area (Å²) in [7, 11) is 0. The van der Waals surface area contributed by atoms with Crippen LogP contribution in [0.1, 0.15) is 41.3 Å². The number of aliphatic hydroxyl groups excluding tert-OH is 2. The summed E-state index contributed by atoms with van der Waals surface area (Å²) < 4.78 is 5.32. The number of carbonyl (C=O) groups is 2. The van der Waals surface area contributed by atoms with Gasteiger partial charge in [-0.3, -0.25) is 4.79 Å². The number of esters is 1. The average Bonchev–Trinajstić information content (AvgIpc) is 2.52. The molecule has 0 bridgehead atoms. The van der Waals surface area contributed by atoms with E-state index in [9.17, 15) is 24.9 Å². The Morgan fingerprint density at radius 2 is 1.76 bits per heavy atom. The van der Waals surface area contributed by atoms with E-state index in [0.29, 0.717) is 5.56 Å². The molecule has 3 atom stereocenters. The molecule has 25 heavy (non-hydrogen) atoms. The molecular weight excluding hydrogens is 324 g/mol. The van der Waals surface area contributed by atoms with E-state index in [-0.39, 0.29) is 24.2 Å². The summed E-state index contributed by atoms with van der Waals surface area (Å²) in [6.45, 7) is 3.43. The molecule has 6 heteroatoms. The minimum absolute atomic E-state index is 0.0142. The van der Waals surface area contributed by atoms with E-state index in [4.69, 9.17) is 4.74 Å². The maximum absolute atomic E-state index is 12.4. The number of ether oxygens (including phenoxy) is 1. The van der Waals surface area contributed by atoms with E-state index in [0.717, 1.165) is 5.56 Å². The number of cyclic esters (lactones) is 1. The van der Waals surface area contributed by atoms with Gasteiger partial charge in [0.15, 0.2) is 5.78 Å². The van der Waals surface area contributed by atoms with Gasteiger partial charge in [-0.1, -0.05) is 24.3 Å². The molecule has 0 aromatic heterocycles. The number of hydrogen-bond donors (Lipinski definition) is 3. The van der Waals surface area contributed by atoms with Crippen molar-refractivity contribution in [2.24, 2.45) is 0 Å². The van der Waals surface area contributed by atoms with Crippen LogP contribution >= 0.6 is 0 Å². The highest BCUT2D eigenvalue weighted by atomic mass is 16.5. The predicted molar refractivity (Wildman–Crippen MR) is 92.1 cm³/mol. The van der Waals surface area contributed by atoms with Crippen LogP contribution in [0, 0.1) is 6.92 Å². The van der Waals surface area contributed by atoms with Crippen LogP contribution in [0.2, 0.25) is 0 Å². The first-order valence-electron chi connectivity index (χ1n) is 8.07. The molecule has 3 N–H and O–H groups in total. The standard InChI is InChI=1S/C19H22O6/c1-11-9-13-6-4-8-15(21)18(23)14(20)7-3-5-12(2)25-19(24)17(13)16(22)10-11/h3-4,6-7,9-10,12,15,18,21-23H,5,8H2,1-2H3/b6-4+,7-3-/t12-,15+,18-/m0/s1. The minimum Gasteiger partial charge on any atom is -0.507 e. The molecule has 1 aliphatic rings. The van der Waals surface area contributed by atoms with Crippen molar-refractivity contribution < 1.29 is 29.6 Å². The first kappa shape index (κ1) is 18.9. The smallest absolute Gasteiger partial charge is 0.342 e. The average molecular weight is 346 g/mol. The van der Waals surface area contributed by atoms with Crippen molar-refractivity contribution in [2.45, 2.75) is 45.0 Å². The van der Waals surface area contributed by atoms with Crippen LogP contribution in [-0.4, -0.2) is 45.4 Å². The zero-order valence-electron chi connectivity index (χ0n) is 14.2. The largest absolute Gasteiger partial charge is 0.507 e. The van der Waals surface area contributed by atoms with Crippen LogP contribution in [0.4, 0.5) is 0 Å². The molecule has 6 nitrogen and oxygen atoms in total. The Balaban J connectivity index is 2.43. The van der Waals surface area contributed by atoms with E-state index < -0.39 is 30.1 Å². The molecule has 1 aromatic carbocycles. The van der Waals surface area contributed by atoms with Crippen molar-refractivity contribution >= 4 is 17.8 Å².